The third kappa shape index (κ3) is 6.18. The van der Waals surface area contributed by atoms with Crippen LogP contribution in [-0.2, 0) is 13.1 Å². The minimum atomic E-state index is 0. The Balaban J connectivity index is 0.00000242. The molecule has 0 saturated heterocycles. The molecule has 1 aromatic carbocycles. The van der Waals surface area contributed by atoms with E-state index < -0.39 is 0 Å². The van der Waals surface area contributed by atoms with Crippen LogP contribution in [0.1, 0.15) is 24.2 Å². The van der Waals surface area contributed by atoms with E-state index in [9.17, 15) is 0 Å². The first-order valence-corrected chi connectivity index (χ1v) is 7.11. The van der Waals surface area contributed by atoms with Crippen molar-refractivity contribution in [3.05, 3.63) is 46.6 Å². The second-order valence-corrected chi connectivity index (χ2v) is 4.85. The maximum atomic E-state index is 5.96. The first-order valence-electron chi connectivity index (χ1n) is 6.73. The van der Waals surface area contributed by atoms with Crippen LogP contribution in [0.5, 0.6) is 0 Å². The van der Waals surface area contributed by atoms with E-state index in [-0.39, 0.29) is 24.0 Å². The molecule has 0 amide bonds. The molecule has 1 heterocycles. The van der Waals surface area contributed by atoms with Crippen LogP contribution in [0.25, 0.3) is 0 Å². The average Bonchev–Trinajstić information content (AvgIpc) is 2.88. The van der Waals surface area contributed by atoms with Crippen molar-refractivity contribution >= 4 is 41.5 Å². The fraction of sp³-hybridized carbons (Fsp3) is 0.357. The van der Waals surface area contributed by atoms with Gasteiger partial charge in [-0.3, -0.25) is 0 Å². The maximum Gasteiger partial charge on any atom is 0.246 e. The molecule has 0 spiro atoms. The van der Waals surface area contributed by atoms with Gasteiger partial charge < -0.3 is 15.2 Å². The van der Waals surface area contributed by atoms with Gasteiger partial charge in [0, 0.05) is 11.6 Å². The van der Waals surface area contributed by atoms with Crippen molar-refractivity contribution in [3.8, 4) is 0 Å². The topological polar surface area (TPSA) is 75.3 Å². The summed E-state index contributed by atoms with van der Waals surface area (Å²) in [5.74, 6) is 1.84. The standard InChI is InChI=1S/C14H18ClN5O.HI/c1-3-16-14(18-9-13-19-10(2)20-21-13)17-8-11-5-4-6-12(15)7-11;/h4-7H,3,8-9H2,1-2H3,(H2,16,17,18);1H. The summed E-state index contributed by atoms with van der Waals surface area (Å²) in [5, 5.41) is 10.8. The fourth-order valence-electron chi connectivity index (χ4n) is 1.72. The van der Waals surface area contributed by atoms with E-state index in [1.54, 1.807) is 6.92 Å². The van der Waals surface area contributed by atoms with Crippen molar-refractivity contribution in [2.45, 2.75) is 26.9 Å². The summed E-state index contributed by atoms with van der Waals surface area (Å²) in [4.78, 5) is 8.62. The predicted molar refractivity (Wildman–Crippen MR) is 97.6 cm³/mol. The molecule has 8 heteroatoms. The lowest BCUT2D eigenvalue weighted by molar-refractivity contribution is 0.371. The molecule has 120 valence electrons. The number of hydrogen-bond acceptors (Lipinski definition) is 4. The smallest absolute Gasteiger partial charge is 0.246 e. The van der Waals surface area contributed by atoms with E-state index in [1.165, 1.54) is 0 Å². The van der Waals surface area contributed by atoms with Crippen LogP contribution < -0.4 is 10.6 Å². The molecule has 0 aliphatic heterocycles. The van der Waals surface area contributed by atoms with Gasteiger partial charge in [-0.25, -0.2) is 4.99 Å². The highest BCUT2D eigenvalue weighted by Gasteiger charge is 2.04. The Morgan fingerprint density at radius 2 is 2.18 bits per heavy atom. The molecule has 0 aliphatic rings. The summed E-state index contributed by atoms with van der Waals surface area (Å²) in [7, 11) is 0. The van der Waals surface area contributed by atoms with Gasteiger partial charge in [-0.2, -0.15) is 4.98 Å². The van der Waals surface area contributed by atoms with E-state index in [0.717, 1.165) is 12.1 Å². The van der Waals surface area contributed by atoms with E-state index in [1.807, 2.05) is 31.2 Å². The number of aryl methyl sites for hydroxylation is 1. The third-order valence-electron chi connectivity index (χ3n) is 2.63. The Hall–Kier alpha value is -1.35. The largest absolute Gasteiger partial charge is 0.357 e. The van der Waals surface area contributed by atoms with Crippen molar-refractivity contribution in [1.82, 2.24) is 20.8 Å². The molecule has 6 nitrogen and oxygen atoms in total. The molecule has 2 rings (SSSR count). The van der Waals surface area contributed by atoms with Crippen molar-refractivity contribution in [2.24, 2.45) is 4.99 Å². The minimum Gasteiger partial charge on any atom is -0.357 e. The van der Waals surface area contributed by atoms with Gasteiger partial charge in [0.25, 0.3) is 0 Å². The van der Waals surface area contributed by atoms with E-state index in [0.29, 0.717) is 35.8 Å². The Kier molecular flexibility index (Phi) is 8.18. The number of halogens is 2. The lowest BCUT2D eigenvalue weighted by Gasteiger charge is -2.09. The zero-order valence-electron chi connectivity index (χ0n) is 12.5. The summed E-state index contributed by atoms with van der Waals surface area (Å²) in [5.41, 5.74) is 1.05. The van der Waals surface area contributed by atoms with Gasteiger partial charge in [-0.05, 0) is 31.5 Å². The van der Waals surface area contributed by atoms with Gasteiger partial charge in [0.1, 0.15) is 0 Å². The van der Waals surface area contributed by atoms with Crippen LogP contribution in [0.2, 0.25) is 5.02 Å². The normalized spacial score (nSPS) is 11.0. The monoisotopic (exact) mass is 435 g/mol. The van der Waals surface area contributed by atoms with Crippen molar-refractivity contribution in [2.75, 3.05) is 6.54 Å². The molecular formula is C14H19ClIN5O. The number of hydrogen-bond donors (Lipinski definition) is 2. The second-order valence-electron chi connectivity index (χ2n) is 4.41. The lowest BCUT2D eigenvalue weighted by atomic mass is 10.2. The molecule has 0 atom stereocenters. The van der Waals surface area contributed by atoms with Crippen LogP contribution in [0.3, 0.4) is 0 Å². The molecular weight excluding hydrogens is 417 g/mol. The molecule has 0 aliphatic carbocycles. The molecule has 2 N–H and O–H groups in total. The highest BCUT2D eigenvalue weighted by Crippen LogP contribution is 2.11. The number of nitrogens with zero attached hydrogens (tertiary/aromatic N) is 3. The zero-order chi connectivity index (χ0) is 15.1. The van der Waals surface area contributed by atoms with E-state index in [2.05, 4.69) is 25.8 Å². The van der Waals surface area contributed by atoms with E-state index in [4.69, 9.17) is 16.1 Å². The first kappa shape index (κ1) is 18.7. The van der Waals surface area contributed by atoms with Crippen molar-refractivity contribution < 1.29 is 4.52 Å². The van der Waals surface area contributed by atoms with Gasteiger partial charge in [0.15, 0.2) is 11.8 Å². The number of guanidine groups is 1. The Morgan fingerprint density at radius 3 is 2.82 bits per heavy atom. The second kappa shape index (κ2) is 9.62. The van der Waals surface area contributed by atoms with Crippen molar-refractivity contribution in [3.63, 3.8) is 0 Å². The van der Waals surface area contributed by atoms with Crippen LogP contribution >= 0.6 is 35.6 Å². The lowest BCUT2D eigenvalue weighted by Crippen LogP contribution is -2.36. The number of rotatable bonds is 5. The molecule has 2 aromatic rings. The highest BCUT2D eigenvalue weighted by atomic mass is 127. The van der Waals surface area contributed by atoms with Crippen LogP contribution in [0.15, 0.2) is 33.8 Å². The fourth-order valence-corrected chi connectivity index (χ4v) is 1.93. The minimum absolute atomic E-state index is 0. The predicted octanol–water partition coefficient (Wildman–Crippen LogP) is 2.90. The summed E-state index contributed by atoms with van der Waals surface area (Å²) in [6.07, 6.45) is 0. The average molecular weight is 436 g/mol. The van der Waals surface area contributed by atoms with Crippen molar-refractivity contribution in [1.29, 1.82) is 0 Å². The van der Waals surface area contributed by atoms with Crippen LogP contribution in [-0.4, -0.2) is 22.6 Å². The number of nitrogens with one attached hydrogen (secondary N) is 2. The summed E-state index contributed by atoms with van der Waals surface area (Å²) < 4.78 is 5.05. The van der Waals surface area contributed by atoms with Gasteiger partial charge in [0.05, 0.1) is 13.1 Å². The van der Waals surface area contributed by atoms with Gasteiger partial charge in [0.2, 0.25) is 5.89 Å². The third-order valence-corrected chi connectivity index (χ3v) is 2.86. The van der Waals surface area contributed by atoms with Crippen LogP contribution in [0, 0.1) is 6.92 Å². The highest BCUT2D eigenvalue weighted by molar-refractivity contribution is 14.0. The number of aliphatic imine (C=N–C) groups is 1. The molecule has 0 radical (unpaired) electrons. The molecule has 0 bridgehead atoms. The summed E-state index contributed by atoms with van der Waals surface area (Å²) >= 11 is 5.96. The molecule has 0 fully saturated rings. The first-order chi connectivity index (χ1) is 10.2. The van der Waals surface area contributed by atoms with Gasteiger partial charge in [-0.15, -0.1) is 24.0 Å². The number of benzene rings is 1. The molecule has 22 heavy (non-hydrogen) atoms. The molecule has 1 aromatic heterocycles. The van der Waals surface area contributed by atoms with Crippen LogP contribution in [0.4, 0.5) is 0 Å². The zero-order valence-corrected chi connectivity index (χ0v) is 15.6. The van der Waals surface area contributed by atoms with Gasteiger partial charge in [-0.1, -0.05) is 28.9 Å². The summed E-state index contributed by atoms with van der Waals surface area (Å²) in [6, 6.07) is 7.64. The van der Waals surface area contributed by atoms with Gasteiger partial charge >= 0.3 is 0 Å². The Labute approximate surface area is 151 Å². The SMILES string of the molecule is CCNC(=NCc1cccc(Cl)c1)NCc1nc(C)no1.I. The maximum absolute atomic E-state index is 5.96. The Morgan fingerprint density at radius 1 is 1.36 bits per heavy atom. The quantitative estimate of drug-likeness (QED) is 0.429. The number of aromatic nitrogens is 2. The molecule has 0 unspecified atom stereocenters. The molecule has 0 saturated carbocycles. The summed E-state index contributed by atoms with van der Waals surface area (Å²) in [6.45, 7) is 5.53. The van der Waals surface area contributed by atoms with E-state index >= 15 is 0 Å². The Bertz CT molecular complexity index is 617.